The monoisotopic (exact) mass is 342 g/mol. The highest BCUT2D eigenvalue weighted by atomic mass is 16.2. The van der Waals surface area contributed by atoms with Crippen LogP contribution < -0.4 is 4.90 Å². The van der Waals surface area contributed by atoms with E-state index in [0.717, 1.165) is 61.7 Å². The van der Waals surface area contributed by atoms with Gasteiger partial charge in [-0.1, -0.05) is 19.8 Å². The minimum absolute atomic E-state index is 0.135. The van der Waals surface area contributed by atoms with Crippen molar-refractivity contribution in [2.24, 2.45) is 12.5 Å². The Morgan fingerprint density at radius 1 is 1.12 bits per heavy atom. The van der Waals surface area contributed by atoms with Gasteiger partial charge in [-0.25, -0.2) is 9.97 Å². The molecule has 25 heavy (non-hydrogen) atoms. The van der Waals surface area contributed by atoms with E-state index >= 15 is 0 Å². The lowest BCUT2D eigenvalue weighted by molar-refractivity contribution is -0.141. The highest BCUT2D eigenvalue weighted by Gasteiger charge is 2.40. The van der Waals surface area contributed by atoms with Crippen LogP contribution in [-0.4, -0.2) is 56.7 Å². The predicted octanol–water partition coefficient (Wildman–Crippen LogP) is 1.90. The van der Waals surface area contributed by atoms with Crippen molar-refractivity contribution in [3.8, 4) is 0 Å². The van der Waals surface area contributed by atoms with Crippen LogP contribution in [0.3, 0.4) is 0 Å². The quantitative estimate of drug-likeness (QED) is 0.834. The smallest absolute Gasteiger partial charge is 0.228 e. The maximum absolute atomic E-state index is 12.9. The zero-order chi connectivity index (χ0) is 17.6. The molecule has 2 fully saturated rings. The van der Waals surface area contributed by atoms with Crippen LogP contribution in [0, 0.1) is 12.3 Å². The number of fused-ring (bicyclic) bond motifs is 1. The molecule has 2 aromatic heterocycles. The first-order valence-electron chi connectivity index (χ1n) is 9.19. The van der Waals surface area contributed by atoms with E-state index in [1.807, 2.05) is 20.2 Å². The van der Waals surface area contributed by atoms with Crippen molar-refractivity contribution in [3.05, 3.63) is 12.0 Å². The van der Waals surface area contributed by atoms with E-state index < -0.39 is 0 Å². The van der Waals surface area contributed by atoms with Gasteiger partial charge in [0.25, 0.3) is 0 Å². The van der Waals surface area contributed by atoms with E-state index in [9.17, 15) is 4.79 Å². The number of aromatic nitrogens is 4. The third-order valence-corrected chi connectivity index (χ3v) is 5.77. The Morgan fingerprint density at radius 3 is 2.48 bits per heavy atom. The number of anilines is 1. The normalized spacial score (nSPS) is 20.4. The second-order valence-corrected chi connectivity index (χ2v) is 7.65. The van der Waals surface area contributed by atoms with Crippen molar-refractivity contribution in [3.63, 3.8) is 0 Å². The molecule has 0 aromatic carbocycles. The summed E-state index contributed by atoms with van der Waals surface area (Å²) >= 11 is 0. The average molecular weight is 342 g/mol. The number of piperazine rings is 1. The van der Waals surface area contributed by atoms with Crippen molar-refractivity contribution < 1.29 is 4.79 Å². The first-order chi connectivity index (χ1) is 12.0. The van der Waals surface area contributed by atoms with Crippen LogP contribution in [0.2, 0.25) is 0 Å². The van der Waals surface area contributed by atoms with Crippen LogP contribution in [-0.2, 0) is 11.8 Å². The number of amides is 1. The first-order valence-corrected chi connectivity index (χ1v) is 9.19. The van der Waals surface area contributed by atoms with Gasteiger partial charge in [-0.15, -0.1) is 0 Å². The van der Waals surface area contributed by atoms with Crippen LogP contribution in [0.5, 0.6) is 0 Å². The van der Waals surface area contributed by atoms with Crippen LogP contribution in [0.1, 0.15) is 38.4 Å². The Labute approximate surface area is 148 Å². The molecule has 0 radical (unpaired) electrons. The lowest BCUT2D eigenvalue weighted by Gasteiger charge is -2.39. The lowest BCUT2D eigenvalue weighted by atomic mass is 9.87. The van der Waals surface area contributed by atoms with Gasteiger partial charge in [0.1, 0.15) is 11.6 Å². The molecule has 2 aromatic rings. The number of hydrogen-bond acceptors (Lipinski definition) is 5. The molecule has 0 spiro atoms. The highest BCUT2D eigenvalue weighted by molar-refractivity contribution is 5.87. The molecule has 0 bridgehead atoms. The summed E-state index contributed by atoms with van der Waals surface area (Å²) in [6.45, 7) is 7.20. The first kappa shape index (κ1) is 16.3. The summed E-state index contributed by atoms with van der Waals surface area (Å²) < 4.78 is 1.79. The summed E-state index contributed by atoms with van der Waals surface area (Å²) in [4.78, 5) is 26.4. The number of hydrogen-bond donors (Lipinski definition) is 0. The molecule has 7 nitrogen and oxygen atoms in total. The van der Waals surface area contributed by atoms with Gasteiger partial charge in [0.05, 0.1) is 11.6 Å². The van der Waals surface area contributed by atoms with E-state index in [-0.39, 0.29) is 5.41 Å². The van der Waals surface area contributed by atoms with Crippen molar-refractivity contribution in [1.82, 2.24) is 24.6 Å². The molecule has 3 heterocycles. The molecule has 1 saturated carbocycles. The van der Waals surface area contributed by atoms with Crippen molar-refractivity contribution in [2.75, 3.05) is 31.1 Å². The zero-order valence-corrected chi connectivity index (χ0v) is 15.3. The van der Waals surface area contributed by atoms with Gasteiger partial charge in [0.2, 0.25) is 5.91 Å². The summed E-state index contributed by atoms with van der Waals surface area (Å²) in [5.74, 6) is 2.04. The minimum atomic E-state index is -0.135. The van der Waals surface area contributed by atoms with E-state index in [1.54, 1.807) is 4.68 Å². The Morgan fingerprint density at radius 2 is 1.80 bits per heavy atom. The SMILES string of the molecule is Cc1nc(N2CCN(C(=O)C3(C)CCCC3)CC2)c2cnn(C)c2n1. The molecule has 7 heteroatoms. The summed E-state index contributed by atoms with van der Waals surface area (Å²) in [5, 5.41) is 5.30. The summed E-state index contributed by atoms with van der Waals surface area (Å²) in [6, 6.07) is 0. The van der Waals surface area contributed by atoms with Gasteiger partial charge >= 0.3 is 0 Å². The molecule has 0 atom stereocenters. The number of carbonyl (C=O) groups is 1. The molecule has 1 aliphatic carbocycles. The van der Waals surface area contributed by atoms with Gasteiger partial charge in [-0.2, -0.15) is 5.10 Å². The standard InChI is InChI=1S/C18H26N6O/c1-13-20-15-14(12-19-22(15)3)16(21-13)23-8-10-24(11-9-23)17(25)18(2)6-4-5-7-18/h12H,4-11H2,1-3H3. The lowest BCUT2D eigenvalue weighted by Crippen LogP contribution is -2.52. The van der Waals surface area contributed by atoms with Gasteiger partial charge in [0, 0.05) is 38.6 Å². The highest BCUT2D eigenvalue weighted by Crippen LogP contribution is 2.39. The fourth-order valence-corrected chi connectivity index (χ4v) is 4.23. The van der Waals surface area contributed by atoms with Crippen molar-refractivity contribution >= 4 is 22.8 Å². The summed E-state index contributed by atoms with van der Waals surface area (Å²) in [6.07, 6.45) is 6.27. The third-order valence-electron chi connectivity index (χ3n) is 5.77. The van der Waals surface area contributed by atoms with E-state index in [1.165, 1.54) is 12.8 Å². The van der Waals surface area contributed by atoms with E-state index in [2.05, 4.69) is 31.8 Å². The third kappa shape index (κ3) is 2.75. The molecular weight excluding hydrogens is 316 g/mol. The Bertz CT molecular complexity index is 799. The van der Waals surface area contributed by atoms with Gasteiger partial charge in [-0.05, 0) is 19.8 Å². The summed E-state index contributed by atoms with van der Waals surface area (Å²) in [7, 11) is 1.90. The fourth-order valence-electron chi connectivity index (χ4n) is 4.23. The maximum Gasteiger partial charge on any atom is 0.228 e. The number of rotatable bonds is 2. The van der Waals surface area contributed by atoms with Gasteiger partial charge < -0.3 is 9.80 Å². The molecule has 1 aliphatic heterocycles. The predicted molar refractivity (Wildman–Crippen MR) is 96.4 cm³/mol. The molecular formula is C18H26N6O. The fraction of sp³-hybridized carbons (Fsp3) is 0.667. The molecule has 2 aliphatic rings. The van der Waals surface area contributed by atoms with Crippen molar-refractivity contribution in [2.45, 2.75) is 39.5 Å². The number of nitrogens with zero attached hydrogens (tertiary/aromatic N) is 6. The minimum Gasteiger partial charge on any atom is -0.352 e. The molecule has 0 N–H and O–H groups in total. The average Bonchev–Trinajstić information content (AvgIpc) is 3.21. The van der Waals surface area contributed by atoms with Crippen LogP contribution >= 0.6 is 0 Å². The molecule has 134 valence electrons. The molecule has 0 unspecified atom stereocenters. The Balaban J connectivity index is 1.52. The van der Waals surface area contributed by atoms with Gasteiger partial charge in [-0.3, -0.25) is 9.48 Å². The largest absolute Gasteiger partial charge is 0.352 e. The Hall–Kier alpha value is -2.18. The van der Waals surface area contributed by atoms with Crippen LogP contribution in [0.25, 0.3) is 11.0 Å². The number of aryl methyl sites for hydroxylation is 2. The second-order valence-electron chi connectivity index (χ2n) is 7.65. The molecule has 4 rings (SSSR count). The Kier molecular flexibility index (Phi) is 3.89. The maximum atomic E-state index is 12.9. The zero-order valence-electron chi connectivity index (χ0n) is 15.3. The van der Waals surface area contributed by atoms with Gasteiger partial charge in [0.15, 0.2) is 5.65 Å². The molecule has 1 amide bonds. The van der Waals surface area contributed by atoms with Crippen LogP contribution in [0.4, 0.5) is 5.82 Å². The van der Waals surface area contributed by atoms with E-state index in [4.69, 9.17) is 0 Å². The topological polar surface area (TPSA) is 67.2 Å². The number of carbonyl (C=O) groups excluding carboxylic acids is 1. The molecule has 1 saturated heterocycles. The van der Waals surface area contributed by atoms with E-state index in [0.29, 0.717) is 5.91 Å². The van der Waals surface area contributed by atoms with Crippen molar-refractivity contribution in [1.29, 1.82) is 0 Å². The second kappa shape index (κ2) is 5.97. The summed E-state index contributed by atoms with van der Waals surface area (Å²) in [5.41, 5.74) is 0.726. The van der Waals surface area contributed by atoms with Crippen LogP contribution in [0.15, 0.2) is 6.20 Å².